The summed E-state index contributed by atoms with van der Waals surface area (Å²) in [5.41, 5.74) is 0. The molecule has 2 aliphatic rings. The van der Waals surface area contributed by atoms with Gasteiger partial charge in [-0.05, 0) is 50.7 Å². The summed E-state index contributed by atoms with van der Waals surface area (Å²) >= 11 is 0. The molecule has 1 saturated heterocycles. The van der Waals surface area contributed by atoms with Gasteiger partial charge in [0.1, 0.15) is 5.75 Å². The second kappa shape index (κ2) is 7.64. The summed E-state index contributed by atoms with van der Waals surface area (Å²) < 4.78 is 12.1. The Morgan fingerprint density at radius 1 is 1.00 bits per heavy atom. The highest BCUT2D eigenvalue weighted by molar-refractivity contribution is 5.64. The van der Waals surface area contributed by atoms with Gasteiger partial charge in [0.25, 0.3) is 0 Å². The van der Waals surface area contributed by atoms with Gasteiger partial charge >= 0.3 is 6.09 Å². The highest BCUT2D eigenvalue weighted by atomic mass is 16.5. The first-order chi connectivity index (χ1) is 11.2. The molecule has 3 rings (SSSR count). The zero-order valence-corrected chi connectivity index (χ0v) is 13.3. The molecule has 1 aromatic heterocycles. The predicted octanol–water partition coefficient (Wildman–Crippen LogP) is 2.93. The van der Waals surface area contributed by atoms with Crippen LogP contribution >= 0.6 is 0 Å². The van der Waals surface area contributed by atoms with Gasteiger partial charge in [0.05, 0.1) is 18.3 Å². The molecule has 1 aromatic rings. The highest BCUT2D eigenvalue weighted by Crippen LogP contribution is 2.27. The Kier molecular flexibility index (Phi) is 5.33. The molecule has 1 saturated carbocycles. The van der Waals surface area contributed by atoms with E-state index < -0.39 is 6.09 Å². The molecule has 2 fully saturated rings. The Labute approximate surface area is 136 Å². The van der Waals surface area contributed by atoms with Crippen LogP contribution in [0.2, 0.25) is 0 Å². The third kappa shape index (κ3) is 4.58. The van der Waals surface area contributed by atoms with Crippen molar-refractivity contribution >= 4 is 6.09 Å². The SMILES string of the molecule is O=C(O)N1CCC(OC2CCC(Oc3ccncc3)CC2)CC1. The van der Waals surface area contributed by atoms with Gasteiger partial charge in [0.15, 0.2) is 0 Å². The molecule has 126 valence electrons. The first kappa shape index (κ1) is 16.1. The van der Waals surface area contributed by atoms with Gasteiger partial charge < -0.3 is 19.5 Å². The summed E-state index contributed by atoms with van der Waals surface area (Å²) in [5.74, 6) is 0.880. The third-order valence-corrected chi connectivity index (χ3v) is 4.67. The Balaban J connectivity index is 1.37. The smallest absolute Gasteiger partial charge is 0.407 e. The van der Waals surface area contributed by atoms with Crippen LogP contribution in [0.3, 0.4) is 0 Å². The molecule has 6 nitrogen and oxygen atoms in total. The summed E-state index contributed by atoms with van der Waals surface area (Å²) in [6, 6.07) is 3.78. The van der Waals surface area contributed by atoms with E-state index in [0.29, 0.717) is 13.1 Å². The van der Waals surface area contributed by atoms with Crippen molar-refractivity contribution in [3.8, 4) is 5.75 Å². The average molecular weight is 320 g/mol. The predicted molar refractivity (Wildman–Crippen MR) is 84.6 cm³/mol. The van der Waals surface area contributed by atoms with E-state index in [4.69, 9.17) is 14.6 Å². The van der Waals surface area contributed by atoms with Crippen molar-refractivity contribution < 1.29 is 19.4 Å². The maximum atomic E-state index is 10.9. The molecule has 0 atom stereocenters. The molecule has 23 heavy (non-hydrogen) atoms. The highest BCUT2D eigenvalue weighted by Gasteiger charge is 2.28. The maximum absolute atomic E-state index is 10.9. The number of carboxylic acid groups (broad SMARTS) is 1. The fourth-order valence-corrected chi connectivity index (χ4v) is 3.35. The van der Waals surface area contributed by atoms with Crippen molar-refractivity contribution in [2.75, 3.05) is 13.1 Å². The summed E-state index contributed by atoms with van der Waals surface area (Å²) in [4.78, 5) is 16.4. The van der Waals surface area contributed by atoms with Gasteiger partial charge in [-0.15, -0.1) is 0 Å². The number of amides is 1. The van der Waals surface area contributed by atoms with Crippen LogP contribution in [0.5, 0.6) is 5.75 Å². The van der Waals surface area contributed by atoms with E-state index in [2.05, 4.69) is 4.98 Å². The van der Waals surface area contributed by atoms with Crippen molar-refractivity contribution in [1.82, 2.24) is 9.88 Å². The van der Waals surface area contributed by atoms with E-state index in [-0.39, 0.29) is 18.3 Å². The molecule has 6 heteroatoms. The van der Waals surface area contributed by atoms with Crippen LogP contribution in [-0.2, 0) is 4.74 Å². The van der Waals surface area contributed by atoms with Gasteiger partial charge in [-0.2, -0.15) is 0 Å². The van der Waals surface area contributed by atoms with Crippen molar-refractivity contribution in [3.63, 3.8) is 0 Å². The number of hydrogen-bond acceptors (Lipinski definition) is 4. The van der Waals surface area contributed by atoms with E-state index in [9.17, 15) is 4.79 Å². The van der Waals surface area contributed by atoms with Crippen LogP contribution < -0.4 is 4.74 Å². The first-order valence-corrected chi connectivity index (χ1v) is 8.40. The summed E-state index contributed by atoms with van der Waals surface area (Å²) in [6.45, 7) is 1.17. The lowest BCUT2D eigenvalue weighted by molar-refractivity contribution is -0.0641. The summed E-state index contributed by atoms with van der Waals surface area (Å²) in [5, 5.41) is 8.96. The Hall–Kier alpha value is -1.82. The van der Waals surface area contributed by atoms with E-state index in [1.165, 1.54) is 4.90 Å². The number of hydrogen-bond donors (Lipinski definition) is 1. The van der Waals surface area contributed by atoms with Gasteiger partial charge in [0, 0.05) is 25.5 Å². The van der Waals surface area contributed by atoms with Crippen LogP contribution in [0, 0.1) is 0 Å². The van der Waals surface area contributed by atoms with Gasteiger partial charge in [-0.1, -0.05) is 0 Å². The van der Waals surface area contributed by atoms with Crippen LogP contribution in [0.1, 0.15) is 38.5 Å². The first-order valence-electron chi connectivity index (χ1n) is 8.40. The molecular formula is C17H24N2O4. The molecule has 0 spiro atoms. The van der Waals surface area contributed by atoms with E-state index >= 15 is 0 Å². The molecule has 0 bridgehead atoms. The number of nitrogens with zero attached hydrogens (tertiary/aromatic N) is 2. The van der Waals surface area contributed by atoms with Gasteiger partial charge in [-0.25, -0.2) is 4.79 Å². The molecule has 2 heterocycles. The topological polar surface area (TPSA) is 71.9 Å². The number of carbonyl (C=O) groups is 1. The molecule has 1 aliphatic carbocycles. The molecular weight excluding hydrogens is 296 g/mol. The minimum atomic E-state index is -0.822. The molecule has 0 aromatic carbocycles. The van der Waals surface area contributed by atoms with Crippen molar-refractivity contribution in [1.29, 1.82) is 0 Å². The second-order valence-electron chi connectivity index (χ2n) is 6.30. The fourth-order valence-electron chi connectivity index (χ4n) is 3.35. The Morgan fingerprint density at radius 2 is 1.57 bits per heavy atom. The standard InChI is InChI=1S/C17H24N2O4/c20-17(21)19-11-7-16(8-12-19)23-14-3-1-13(2-4-14)22-15-5-9-18-10-6-15/h5-6,9-10,13-14,16H,1-4,7-8,11-12H2,(H,20,21). The summed E-state index contributed by atoms with van der Waals surface area (Å²) in [6.07, 6.45) is 9.04. The Bertz CT molecular complexity index is 495. The molecule has 0 radical (unpaired) electrons. The van der Waals surface area contributed by atoms with Crippen LogP contribution in [0.25, 0.3) is 0 Å². The molecule has 1 N–H and O–H groups in total. The van der Waals surface area contributed by atoms with E-state index in [0.717, 1.165) is 44.3 Å². The summed E-state index contributed by atoms with van der Waals surface area (Å²) in [7, 11) is 0. The number of piperidine rings is 1. The minimum Gasteiger partial charge on any atom is -0.490 e. The number of ether oxygens (including phenoxy) is 2. The van der Waals surface area contributed by atoms with Gasteiger partial charge in [-0.3, -0.25) is 4.98 Å². The monoisotopic (exact) mass is 320 g/mol. The van der Waals surface area contributed by atoms with Crippen LogP contribution in [-0.4, -0.2) is 52.5 Å². The number of likely N-dealkylation sites (tertiary alicyclic amines) is 1. The third-order valence-electron chi connectivity index (χ3n) is 4.67. The van der Waals surface area contributed by atoms with Crippen molar-refractivity contribution in [2.45, 2.75) is 56.8 Å². The van der Waals surface area contributed by atoms with Gasteiger partial charge in [0.2, 0.25) is 0 Å². The second-order valence-corrected chi connectivity index (χ2v) is 6.30. The lowest BCUT2D eigenvalue weighted by atomic mass is 9.94. The van der Waals surface area contributed by atoms with Crippen molar-refractivity contribution in [3.05, 3.63) is 24.5 Å². The number of aromatic nitrogens is 1. The Morgan fingerprint density at radius 3 is 2.17 bits per heavy atom. The fraction of sp³-hybridized carbons (Fsp3) is 0.647. The molecule has 1 aliphatic heterocycles. The van der Waals surface area contributed by atoms with Crippen LogP contribution in [0.15, 0.2) is 24.5 Å². The molecule has 1 amide bonds. The largest absolute Gasteiger partial charge is 0.490 e. The van der Waals surface area contributed by atoms with E-state index in [1.807, 2.05) is 12.1 Å². The van der Waals surface area contributed by atoms with Crippen molar-refractivity contribution in [2.24, 2.45) is 0 Å². The maximum Gasteiger partial charge on any atom is 0.407 e. The number of pyridine rings is 1. The zero-order valence-electron chi connectivity index (χ0n) is 13.3. The number of rotatable bonds is 4. The zero-order chi connectivity index (χ0) is 16.1. The van der Waals surface area contributed by atoms with Crippen LogP contribution in [0.4, 0.5) is 4.79 Å². The molecule has 0 unspecified atom stereocenters. The minimum absolute atomic E-state index is 0.202. The average Bonchev–Trinajstić information content (AvgIpc) is 2.58. The van der Waals surface area contributed by atoms with E-state index in [1.54, 1.807) is 12.4 Å². The normalized spacial score (nSPS) is 26.0. The lowest BCUT2D eigenvalue weighted by Crippen LogP contribution is -2.41. The lowest BCUT2D eigenvalue weighted by Gasteiger charge is -2.35. The quantitative estimate of drug-likeness (QED) is 0.923.